The van der Waals surface area contributed by atoms with Crippen LogP contribution in [0.25, 0.3) is 0 Å². The number of unbranched alkanes of at least 4 members (excludes halogenated alkanes) is 2. The highest BCUT2D eigenvalue weighted by atomic mass is 16.7. The molecular formula is C27H50O15. The van der Waals surface area contributed by atoms with E-state index >= 15 is 0 Å². The van der Waals surface area contributed by atoms with Crippen LogP contribution in [-0.2, 0) is 33.2 Å². The van der Waals surface area contributed by atoms with E-state index in [4.69, 9.17) is 33.2 Å². The van der Waals surface area contributed by atoms with E-state index in [0.717, 1.165) is 12.8 Å². The van der Waals surface area contributed by atoms with Gasteiger partial charge in [0.1, 0.15) is 73.2 Å². The predicted molar refractivity (Wildman–Crippen MR) is 142 cm³/mol. The van der Waals surface area contributed by atoms with E-state index in [1.165, 1.54) is 0 Å². The van der Waals surface area contributed by atoms with Crippen LogP contribution in [-0.4, -0.2) is 166 Å². The predicted octanol–water partition coefficient (Wildman–Crippen LogP) is -2.85. The molecule has 248 valence electrons. The van der Waals surface area contributed by atoms with Gasteiger partial charge in [-0.15, -0.1) is 0 Å². The Balaban J connectivity index is 1.83. The summed E-state index contributed by atoms with van der Waals surface area (Å²) in [5.41, 5.74) is 0. The van der Waals surface area contributed by atoms with Crippen molar-refractivity contribution < 1.29 is 74.0 Å². The summed E-state index contributed by atoms with van der Waals surface area (Å²) in [4.78, 5) is 0. The highest BCUT2D eigenvalue weighted by molar-refractivity contribution is 4.96. The second-order valence-electron chi connectivity index (χ2n) is 11.1. The molecule has 3 heterocycles. The molecule has 3 fully saturated rings. The summed E-state index contributed by atoms with van der Waals surface area (Å²) < 4.78 is 40.8. The summed E-state index contributed by atoms with van der Waals surface area (Å²) in [6.45, 7) is 4.54. The van der Waals surface area contributed by atoms with E-state index in [0.29, 0.717) is 19.4 Å². The van der Waals surface area contributed by atoms with Gasteiger partial charge >= 0.3 is 0 Å². The van der Waals surface area contributed by atoms with Crippen molar-refractivity contribution in [2.75, 3.05) is 33.0 Å². The fourth-order valence-electron chi connectivity index (χ4n) is 5.25. The maximum absolute atomic E-state index is 11.3. The van der Waals surface area contributed by atoms with E-state index in [2.05, 4.69) is 0 Å². The lowest BCUT2D eigenvalue weighted by Crippen LogP contribution is -2.66. The molecule has 3 aliphatic rings. The summed E-state index contributed by atoms with van der Waals surface area (Å²) in [6, 6.07) is 0. The van der Waals surface area contributed by atoms with Gasteiger partial charge in [0, 0.05) is 13.2 Å². The molecule has 0 aromatic rings. The lowest BCUT2D eigenvalue weighted by Gasteiger charge is -2.48. The van der Waals surface area contributed by atoms with E-state index in [1.807, 2.05) is 13.8 Å². The Bertz CT molecular complexity index is 761. The molecule has 15 atom stereocenters. The number of ether oxygens (including phenoxy) is 7. The summed E-state index contributed by atoms with van der Waals surface area (Å²) >= 11 is 0. The standard InChI is InChI=1S/C27H50O15/c1-4-6-8-36-23-16(39-13(3)17(30)20(23)33)12-38-25-22(35)26(37-9-7-5-2)41-15(11-29)24(25)42-27-21(34)19(32)18(31)14(10-28)40-27/h13-35H,4-12H2,1-3H3/t13?,14-,15?,16-,17+,18-,19?,20-,21?,22-,23?,24+,25?,26?,27-/m0/s1. The third-order valence-electron chi connectivity index (χ3n) is 7.90. The first-order valence-corrected chi connectivity index (χ1v) is 14.9. The maximum Gasteiger partial charge on any atom is 0.187 e. The molecule has 0 aromatic heterocycles. The van der Waals surface area contributed by atoms with Gasteiger partial charge in [-0.3, -0.25) is 0 Å². The third kappa shape index (κ3) is 8.56. The van der Waals surface area contributed by atoms with Crippen molar-refractivity contribution in [2.45, 2.75) is 138 Å². The zero-order valence-electron chi connectivity index (χ0n) is 24.5. The Morgan fingerprint density at radius 3 is 1.79 bits per heavy atom. The molecule has 3 rings (SSSR count). The van der Waals surface area contributed by atoms with Gasteiger partial charge in [-0.2, -0.15) is 0 Å². The van der Waals surface area contributed by atoms with Gasteiger partial charge in [0.15, 0.2) is 12.6 Å². The molecule has 7 unspecified atom stereocenters. The van der Waals surface area contributed by atoms with Crippen molar-refractivity contribution in [3.05, 3.63) is 0 Å². The average Bonchev–Trinajstić information content (AvgIpc) is 2.98. The number of aliphatic hydroxyl groups excluding tert-OH is 8. The number of hydrogen-bond donors (Lipinski definition) is 8. The van der Waals surface area contributed by atoms with Gasteiger partial charge in [-0.1, -0.05) is 26.7 Å². The van der Waals surface area contributed by atoms with Gasteiger partial charge in [0.2, 0.25) is 0 Å². The third-order valence-corrected chi connectivity index (χ3v) is 7.90. The van der Waals surface area contributed by atoms with Crippen LogP contribution in [0, 0.1) is 0 Å². The van der Waals surface area contributed by atoms with E-state index in [1.54, 1.807) is 6.92 Å². The molecule has 42 heavy (non-hydrogen) atoms. The Morgan fingerprint density at radius 1 is 0.548 bits per heavy atom. The first kappa shape index (κ1) is 35.9. The van der Waals surface area contributed by atoms with Crippen LogP contribution < -0.4 is 0 Å². The summed E-state index contributed by atoms with van der Waals surface area (Å²) in [5, 5.41) is 83.1. The molecular weight excluding hydrogens is 564 g/mol. The topological polar surface area (TPSA) is 226 Å². The monoisotopic (exact) mass is 614 g/mol. The number of rotatable bonds is 15. The highest BCUT2D eigenvalue weighted by Gasteiger charge is 2.52. The van der Waals surface area contributed by atoms with Crippen LogP contribution in [0.2, 0.25) is 0 Å². The molecule has 8 N–H and O–H groups in total. The minimum Gasteiger partial charge on any atom is -0.394 e. The Morgan fingerprint density at radius 2 is 1.17 bits per heavy atom. The largest absolute Gasteiger partial charge is 0.394 e. The number of hydrogen-bond acceptors (Lipinski definition) is 15. The number of aliphatic hydroxyl groups is 8. The zero-order chi connectivity index (χ0) is 31.0. The fraction of sp³-hybridized carbons (Fsp3) is 1.00. The van der Waals surface area contributed by atoms with Crippen molar-refractivity contribution in [3.8, 4) is 0 Å². The quantitative estimate of drug-likeness (QED) is 0.0869. The molecule has 0 bridgehead atoms. The molecule has 3 aliphatic heterocycles. The molecule has 0 aliphatic carbocycles. The molecule has 15 heteroatoms. The van der Waals surface area contributed by atoms with Crippen molar-refractivity contribution >= 4 is 0 Å². The molecule has 0 saturated carbocycles. The minimum absolute atomic E-state index is 0.249. The lowest BCUT2D eigenvalue weighted by molar-refractivity contribution is -0.365. The van der Waals surface area contributed by atoms with Crippen LogP contribution in [0.15, 0.2) is 0 Å². The van der Waals surface area contributed by atoms with Gasteiger partial charge in [0.25, 0.3) is 0 Å². The van der Waals surface area contributed by atoms with Crippen LogP contribution in [0.1, 0.15) is 46.5 Å². The lowest BCUT2D eigenvalue weighted by atomic mass is 9.95. The second kappa shape index (κ2) is 17.2. The highest BCUT2D eigenvalue weighted by Crippen LogP contribution is 2.32. The van der Waals surface area contributed by atoms with Crippen LogP contribution in [0.4, 0.5) is 0 Å². The molecule has 0 aromatic carbocycles. The van der Waals surface area contributed by atoms with Crippen LogP contribution in [0.3, 0.4) is 0 Å². The Kier molecular flexibility index (Phi) is 14.7. The van der Waals surface area contributed by atoms with Crippen LogP contribution in [0.5, 0.6) is 0 Å². The zero-order valence-corrected chi connectivity index (χ0v) is 24.5. The Hall–Kier alpha value is -0.600. The fourth-order valence-corrected chi connectivity index (χ4v) is 5.25. The van der Waals surface area contributed by atoms with Crippen molar-refractivity contribution in [3.63, 3.8) is 0 Å². The van der Waals surface area contributed by atoms with Crippen molar-refractivity contribution in [1.82, 2.24) is 0 Å². The SMILES string of the molecule is CCCCOC1OC(CO)[C@@H](O[C@@H]2O[C@@H](CO)[C@H](O)C(O)C2O)C(OC[C@@H]2OC(C)[C@@H](O)[C@H](O)C2OCCCC)[C@@H]1O. The van der Waals surface area contributed by atoms with Gasteiger partial charge < -0.3 is 74.0 Å². The van der Waals surface area contributed by atoms with E-state index < -0.39 is 105 Å². The van der Waals surface area contributed by atoms with Crippen molar-refractivity contribution in [1.29, 1.82) is 0 Å². The molecule has 0 radical (unpaired) electrons. The second-order valence-corrected chi connectivity index (χ2v) is 11.1. The molecule has 0 spiro atoms. The molecule has 0 amide bonds. The maximum atomic E-state index is 11.3. The van der Waals surface area contributed by atoms with Gasteiger partial charge in [-0.25, -0.2) is 0 Å². The minimum atomic E-state index is -1.76. The van der Waals surface area contributed by atoms with E-state index in [9.17, 15) is 40.9 Å². The van der Waals surface area contributed by atoms with Crippen LogP contribution >= 0.6 is 0 Å². The first-order valence-electron chi connectivity index (χ1n) is 14.9. The molecule has 3 saturated heterocycles. The summed E-state index contributed by atoms with van der Waals surface area (Å²) in [7, 11) is 0. The normalized spacial score (nSPS) is 44.8. The summed E-state index contributed by atoms with van der Waals surface area (Å²) in [5.74, 6) is 0. The van der Waals surface area contributed by atoms with Crippen molar-refractivity contribution in [2.24, 2.45) is 0 Å². The summed E-state index contributed by atoms with van der Waals surface area (Å²) in [6.07, 6.45) is -16.4. The van der Waals surface area contributed by atoms with Gasteiger partial charge in [-0.05, 0) is 19.8 Å². The first-order chi connectivity index (χ1) is 20.1. The average molecular weight is 615 g/mol. The van der Waals surface area contributed by atoms with E-state index in [-0.39, 0.29) is 13.2 Å². The van der Waals surface area contributed by atoms with Gasteiger partial charge in [0.05, 0.1) is 25.9 Å². The Labute approximate surface area is 245 Å². The smallest absolute Gasteiger partial charge is 0.187 e. The molecule has 15 nitrogen and oxygen atoms in total.